The van der Waals surface area contributed by atoms with E-state index in [9.17, 15) is 0 Å². The molecule has 0 atom stereocenters. The Morgan fingerprint density at radius 2 is 1.81 bits per heavy atom. The first-order valence-corrected chi connectivity index (χ1v) is 11.3. The third-order valence-electron chi connectivity index (χ3n) is 5.55. The molecule has 32 heavy (non-hydrogen) atoms. The Morgan fingerprint density at radius 1 is 1.03 bits per heavy atom. The van der Waals surface area contributed by atoms with Gasteiger partial charge in [0.1, 0.15) is 11.6 Å². The van der Waals surface area contributed by atoms with Gasteiger partial charge in [-0.1, -0.05) is 54.0 Å². The molecule has 2 heterocycles. The topological polar surface area (TPSA) is 49.4 Å². The number of methoxy groups -OCH3 is 1. The number of pyridine rings is 1. The summed E-state index contributed by atoms with van der Waals surface area (Å²) >= 11 is 12.3. The van der Waals surface area contributed by atoms with Crippen LogP contribution >= 0.6 is 23.2 Å². The maximum atomic E-state index is 6.33. The molecular formula is C25H26Cl2N4O. The van der Waals surface area contributed by atoms with Crippen LogP contribution in [0, 0.1) is 0 Å². The predicted molar refractivity (Wildman–Crippen MR) is 134 cm³/mol. The minimum absolute atomic E-state index is 0.530. The van der Waals surface area contributed by atoms with Crippen LogP contribution in [-0.4, -0.2) is 30.1 Å². The van der Waals surface area contributed by atoms with Crippen molar-refractivity contribution < 1.29 is 4.74 Å². The Morgan fingerprint density at radius 3 is 2.44 bits per heavy atom. The third-order valence-corrected chi connectivity index (χ3v) is 5.99. The van der Waals surface area contributed by atoms with Gasteiger partial charge in [0, 0.05) is 49.2 Å². The highest BCUT2D eigenvalue weighted by molar-refractivity contribution is 6.31. The second-order valence-corrected chi connectivity index (χ2v) is 8.57. The summed E-state index contributed by atoms with van der Waals surface area (Å²) in [5.74, 6) is 1.43. The van der Waals surface area contributed by atoms with Gasteiger partial charge in [0.2, 0.25) is 0 Å². The first-order valence-electron chi connectivity index (χ1n) is 10.5. The van der Waals surface area contributed by atoms with Crippen molar-refractivity contribution in [2.24, 2.45) is 0 Å². The van der Waals surface area contributed by atoms with Crippen LogP contribution in [0.2, 0.25) is 10.0 Å². The fourth-order valence-electron chi connectivity index (χ4n) is 3.58. The quantitative estimate of drug-likeness (QED) is 0.385. The number of aromatic nitrogens is 1. The number of likely N-dealkylation sites (tertiary alicyclic amines) is 1. The van der Waals surface area contributed by atoms with Gasteiger partial charge < -0.3 is 20.3 Å². The number of benzene rings is 2. The van der Waals surface area contributed by atoms with Crippen molar-refractivity contribution in [1.29, 1.82) is 0 Å². The lowest BCUT2D eigenvalue weighted by atomic mass is 10.1. The van der Waals surface area contributed by atoms with Gasteiger partial charge in [-0.2, -0.15) is 0 Å². The van der Waals surface area contributed by atoms with Crippen molar-refractivity contribution in [3.8, 4) is 5.75 Å². The maximum Gasteiger partial charge on any atom is 0.143 e. The Bertz CT molecular complexity index is 1080. The lowest BCUT2D eigenvalue weighted by Gasteiger charge is -2.34. The number of rotatable bonds is 9. The molecule has 1 saturated heterocycles. The maximum absolute atomic E-state index is 6.33. The van der Waals surface area contributed by atoms with E-state index < -0.39 is 0 Å². The molecule has 0 bridgehead atoms. The summed E-state index contributed by atoms with van der Waals surface area (Å²) in [5.41, 5.74) is 5.30. The summed E-state index contributed by atoms with van der Waals surface area (Å²) in [6, 6.07) is 15.9. The van der Waals surface area contributed by atoms with Crippen LogP contribution in [-0.2, 0) is 13.1 Å². The van der Waals surface area contributed by atoms with Crippen molar-refractivity contribution in [2.45, 2.75) is 19.5 Å². The number of hydrogen-bond donors (Lipinski definition) is 2. The van der Waals surface area contributed by atoms with Gasteiger partial charge in [0.25, 0.3) is 0 Å². The second kappa shape index (κ2) is 10.2. The van der Waals surface area contributed by atoms with E-state index in [1.807, 2.05) is 18.2 Å². The molecule has 2 N–H and O–H groups in total. The molecule has 1 aliphatic heterocycles. The van der Waals surface area contributed by atoms with Crippen LogP contribution in [0.4, 0.5) is 11.5 Å². The average molecular weight is 469 g/mol. The number of nitrogens with one attached hydrogen (secondary N) is 2. The zero-order valence-corrected chi connectivity index (χ0v) is 19.5. The van der Waals surface area contributed by atoms with E-state index in [4.69, 9.17) is 27.9 Å². The van der Waals surface area contributed by atoms with Gasteiger partial charge in [0.05, 0.1) is 17.8 Å². The monoisotopic (exact) mass is 468 g/mol. The Hall–Kier alpha value is -2.89. The van der Waals surface area contributed by atoms with E-state index in [2.05, 4.69) is 51.4 Å². The van der Waals surface area contributed by atoms with Gasteiger partial charge in [-0.25, -0.2) is 4.98 Å². The van der Waals surface area contributed by atoms with E-state index >= 15 is 0 Å². The zero-order chi connectivity index (χ0) is 22.5. The van der Waals surface area contributed by atoms with E-state index in [0.717, 1.165) is 41.4 Å². The van der Waals surface area contributed by atoms with Crippen LogP contribution in [0.1, 0.15) is 23.1 Å². The highest BCUT2D eigenvalue weighted by Crippen LogP contribution is 2.33. The number of halogens is 2. The predicted octanol–water partition coefficient (Wildman–Crippen LogP) is 6.30. The van der Waals surface area contributed by atoms with Crippen molar-refractivity contribution >= 4 is 40.4 Å². The van der Waals surface area contributed by atoms with E-state index in [1.165, 1.54) is 12.0 Å². The Balaban J connectivity index is 1.46. The highest BCUT2D eigenvalue weighted by Gasteiger charge is 2.16. The number of anilines is 2. The number of ether oxygens (including phenoxy) is 1. The molecule has 1 fully saturated rings. The van der Waals surface area contributed by atoms with Crippen molar-refractivity contribution in [3.05, 3.63) is 88.0 Å². The molecule has 0 unspecified atom stereocenters. The van der Waals surface area contributed by atoms with E-state index in [0.29, 0.717) is 28.9 Å². The van der Waals surface area contributed by atoms with Gasteiger partial charge in [-0.3, -0.25) is 0 Å². The summed E-state index contributed by atoms with van der Waals surface area (Å²) in [5, 5.41) is 8.04. The molecule has 1 aliphatic rings. The molecule has 2 aromatic carbocycles. The first kappa shape index (κ1) is 22.3. The highest BCUT2D eigenvalue weighted by atomic mass is 35.5. The van der Waals surface area contributed by atoms with Crippen molar-refractivity contribution in [3.63, 3.8) is 0 Å². The molecule has 4 rings (SSSR count). The molecule has 3 aromatic rings. The Kier molecular flexibility index (Phi) is 7.08. The fourth-order valence-corrected chi connectivity index (χ4v) is 3.92. The molecule has 0 aliphatic carbocycles. The molecule has 0 saturated carbocycles. The van der Waals surface area contributed by atoms with Crippen LogP contribution in [0.25, 0.3) is 5.70 Å². The molecule has 0 spiro atoms. The lowest BCUT2D eigenvalue weighted by Crippen LogP contribution is -2.34. The average Bonchev–Trinajstić information content (AvgIpc) is 2.76. The SMILES string of the molecule is C=C(c1ccc(CNc2c(CNc3ccc(Cl)cn3)cc(Cl)cc2OC)cc1)N1CCC1. The van der Waals surface area contributed by atoms with Crippen LogP contribution < -0.4 is 15.4 Å². The molecule has 0 radical (unpaired) electrons. The summed E-state index contributed by atoms with van der Waals surface area (Å²) in [6.45, 7) is 7.60. The van der Waals surface area contributed by atoms with Crippen LogP contribution in [0.15, 0.2) is 61.3 Å². The van der Waals surface area contributed by atoms with Crippen molar-refractivity contribution in [1.82, 2.24) is 9.88 Å². The van der Waals surface area contributed by atoms with Gasteiger partial charge in [-0.15, -0.1) is 0 Å². The van der Waals surface area contributed by atoms with E-state index in [-0.39, 0.29) is 0 Å². The molecule has 166 valence electrons. The molecule has 0 amide bonds. The number of nitrogens with zero attached hydrogens (tertiary/aromatic N) is 2. The Labute approximate surface area is 199 Å². The van der Waals surface area contributed by atoms with Crippen LogP contribution in [0.5, 0.6) is 5.75 Å². The number of hydrogen-bond acceptors (Lipinski definition) is 5. The summed E-state index contributed by atoms with van der Waals surface area (Å²) in [4.78, 5) is 6.59. The first-order chi connectivity index (χ1) is 15.5. The summed E-state index contributed by atoms with van der Waals surface area (Å²) < 4.78 is 5.59. The molecule has 5 nitrogen and oxygen atoms in total. The fraction of sp³-hybridized carbons (Fsp3) is 0.240. The lowest BCUT2D eigenvalue weighted by molar-refractivity contribution is 0.282. The van der Waals surface area contributed by atoms with Gasteiger partial charge in [-0.05, 0) is 41.3 Å². The van der Waals surface area contributed by atoms with Crippen LogP contribution in [0.3, 0.4) is 0 Å². The molecule has 7 heteroatoms. The third kappa shape index (κ3) is 5.29. The summed E-state index contributed by atoms with van der Waals surface area (Å²) in [6.07, 6.45) is 2.86. The molecule has 1 aromatic heterocycles. The minimum Gasteiger partial charge on any atom is -0.495 e. The normalized spacial score (nSPS) is 12.8. The van der Waals surface area contributed by atoms with Gasteiger partial charge >= 0.3 is 0 Å². The van der Waals surface area contributed by atoms with E-state index in [1.54, 1.807) is 19.4 Å². The summed E-state index contributed by atoms with van der Waals surface area (Å²) in [7, 11) is 1.64. The van der Waals surface area contributed by atoms with Crippen molar-refractivity contribution in [2.75, 3.05) is 30.8 Å². The standard InChI is InChI=1S/C25H26Cl2N4O/c1-17(31-10-3-11-31)19-6-4-18(5-7-19)14-30-25-20(12-22(27)13-23(25)32-2)15-28-24-9-8-21(26)16-29-24/h4-9,12-13,16,30H,1,3,10-11,14-15H2,2H3,(H,28,29). The minimum atomic E-state index is 0.530. The molecular weight excluding hydrogens is 443 g/mol. The second-order valence-electron chi connectivity index (χ2n) is 7.70. The smallest absolute Gasteiger partial charge is 0.143 e. The van der Waals surface area contributed by atoms with Gasteiger partial charge in [0.15, 0.2) is 0 Å². The largest absolute Gasteiger partial charge is 0.495 e. The zero-order valence-electron chi connectivity index (χ0n) is 18.0.